The van der Waals surface area contributed by atoms with Gasteiger partial charge < -0.3 is 0 Å². The summed E-state index contributed by atoms with van der Waals surface area (Å²) in [6.45, 7) is 15.3. The van der Waals surface area contributed by atoms with Crippen LogP contribution in [-0.4, -0.2) is 0 Å². The summed E-state index contributed by atoms with van der Waals surface area (Å²) in [5.74, 6) is 0. The van der Waals surface area contributed by atoms with Crippen molar-refractivity contribution < 1.29 is 44.7 Å². The summed E-state index contributed by atoms with van der Waals surface area (Å²) in [5, 5.41) is 22.0. The van der Waals surface area contributed by atoms with Crippen molar-refractivity contribution in [2.45, 2.75) is 55.4 Å². The van der Waals surface area contributed by atoms with E-state index in [9.17, 15) is 25.2 Å². The molecule has 0 aliphatic heterocycles. The molecule has 27 heavy (non-hydrogen) atoms. The van der Waals surface area contributed by atoms with E-state index in [1.807, 2.05) is 0 Å². The van der Waals surface area contributed by atoms with Crippen LogP contribution in [0.1, 0.15) is 48.6 Å². The van der Waals surface area contributed by atoms with Crippen LogP contribution in [0.2, 0.25) is 0 Å². The maximum Gasteiger partial charge on any atom is 2.00 e. The average molecular weight is 504 g/mol. The summed E-state index contributed by atoms with van der Waals surface area (Å²) < 4.78 is 59.2. The van der Waals surface area contributed by atoms with Gasteiger partial charge in [0.2, 0.25) is 0 Å². The molecule has 1 aromatic rings. The molecule has 0 aliphatic rings. The molecule has 0 radical (unpaired) electrons. The number of rotatable bonds is 0. The van der Waals surface area contributed by atoms with Crippen LogP contribution < -0.4 is 0 Å². The normalized spacial score (nSPS) is 10.8. The van der Waals surface area contributed by atoms with Crippen molar-refractivity contribution in [1.82, 2.24) is 0 Å². The summed E-state index contributed by atoms with van der Waals surface area (Å²) in [5.41, 5.74) is 7.34. The van der Waals surface area contributed by atoms with Crippen LogP contribution in [0.5, 0.6) is 0 Å². The minimum absolute atomic E-state index is 0. The van der Waals surface area contributed by atoms with E-state index in [1.165, 1.54) is 48.6 Å². The largest absolute Gasteiger partial charge is 2.00 e. The summed E-state index contributed by atoms with van der Waals surface area (Å²) in [6.07, 6.45) is 0. The van der Waals surface area contributed by atoms with Crippen molar-refractivity contribution in [1.29, 1.82) is 15.8 Å². The van der Waals surface area contributed by atoms with Crippen molar-refractivity contribution in [3.05, 3.63) is 27.8 Å². The number of nitriles is 3. The predicted octanol–water partition coefficient (Wildman–Crippen LogP) is 7.92. The topological polar surface area (TPSA) is 71.4 Å². The Morgan fingerprint density at radius 2 is 0.778 bits per heavy atom. The second kappa shape index (κ2) is 13.6. The predicted molar refractivity (Wildman–Crippen MR) is 93.1 cm³/mol. The van der Waals surface area contributed by atoms with Crippen LogP contribution in [0.4, 0.5) is 25.2 Å². The Kier molecular flexibility index (Phi) is 18.3. The van der Waals surface area contributed by atoms with Crippen molar-refractivity contribution in [3.63, 3.8) is 0 Å². The van der Waals surface area contributed by atoms with E-state index in [1.54, 1.807) is 18.2 Å². The van der Waals surface area contributed by atoms with Gasteiger partial charge in [-0.05, 0) is 0 Å². The number of hydrogen-bond donors (Lipinski definition) is 0. The molecule has 11 heteroatoms. The maximum absolute atomic E-state index is 10.7. The molecule has 0 aliphatic carbocycles. The third kappa shape index (κ3) is 36.2. The average Bonchev–Trinajstić information content (AvgIpc) is 2.56. The third-order valence-corrected chi connectivity index (χ3v) is 2.81. The third-order valence-electron chi connectivity index (χ3n) is 2.81. The van der Waals surface area contributed by atoms with E-state index in [0.717, 1.165) is 0 Å². The molecule has 1 rings (SSSR count). The van der Waals surface area contributed by atoms with Crippen LogP contribution >= 0.6 is 7.81 Å². The SMILES string of the molecule is CC#N.CC#N.CC#N.Cc1c(C)c(C)[c-](C)c1C.F[P-](F)(F)(F)(F)F.[Ru+2]. The first kappa shape index (κ1) is 36.4. The molecule has 0 aromatic heterocycles. The zero-order valence-electron chi connectivity index (χ0n) is 16.4. The van der Waals surface area contributed by atoms with Gasteiger partial charge in [0.25, 0.3) is 0 Å². The molecule has 0 N–H and O–H groups in total. The Morgan fingerprint density at radius 1 is 0.667 bits per heavy atom. The summed E-state index contributed by atoms with van der Waals surface area (Å²) in [7, 11) is -10.7. The first-order valence-electron chi connectivity index (χ1n) is 6.94. The van der Waals surface area contributed by atoms with Gasteiger partial charge in [0.15, 0.2) is 0 Å². The number of nitrogens with zero attached hydrogens (tertiary/aromatic N) is 3. The minimum atomic E-state index is -10.7. The fourth-order valence-electron chi connectivity index (χ4n) is 1.41. The van der Waals surface area contributed by atoms with Crippen molar-refractivity contribution in [3.8, 4) is 18.2 Å². The number of hydrogen-bond acceptors (Lipinski definition) is 3. The molecular formula is C16H24F6N3PRu. The first-order valence-corrected chi connectivity index (χ1v) is 8.96. The fraction of sp³-hybridized carbons (Fsp3) is 0.500. The van der Waals surface area contributed by atoms with E-state index in [0.29, 0.717) is 0 Å². The van der Waals surface area contributed by atoms with Crippen molar-refractivity contribution in [2.75, 3.05) is 0 Å². The smallest absolute Gasteiger partial charge is 2.00 e. The summed E-state index contributed by atoms with van der Waals surface area (Å²) in [4.78, 5) is 0. The van der Waals surface area contributed by atoms with Gasteiger partial charge >= 0.3 is 52.5 Å². The van der Waals surface area contributed by atoms with Gasteiger partial charge in [-0.1, -0.05) is 34.6 Å². The molecule has 0 saturated carbocycles. The van der Waals surface area contributed by atoms with Crippen LogP contribution in [-0.2, 0) is 19.5 Å². The second-order valence-corrected chi connectivity index (χ2v) is 6.67. The Hall–Kier alpha value is -1.55. The maximum atomic E-state index is 9.87. The monoisotopic (exact) mass is 505 g/mol. The van der Waals surface area contributed by atoms with E-state index in [4.69, 9.17) is 15.8 Å². The van der Waals surface area contributed by atoms with Gasteiger partial charge in [0.1, 0.15) is 0 Å². The van der Waals surface area contributed by atoms with Gasteiger partial charge in [0, 0.05) is 20.8 Å². The summed E-state index contributed by atoms with van der Waals surface area (Å²) in [6, 6.07) is 5.25. The molecular weight excluding hydrogens is 480 g/mol. The second-order valence-electron chi connectivity index (χ2n) is 4.75. The molecule has 1 aromatic carbocycles. The van der Waals surface area contributed by atoms with E-state index in [-0.39, 0.29) is 19.5 Å². The molecule has 0 heterocycles. The van der Waals surface area contributed by atoms with Gasteiger partial charge in [-0.15, -0.1) is 0 Å². The molecule has 0 atom stereocenters. The first-order chi connectivity index (χ1) is 11.2. The van der Waals surface area contributed by atoms with E-state index in [2.05, 4.69) is 34.6 Å². The molecule has 0 spiro atoms. The van der Waals surface area contributed by atoms with Gasteiger partial charge in [0.05, 0.1) is 18.2 Å². The van der Waals surface area contributed by atoms with Crippen LogP contribution in [0.25, 0.3) is 0 Å². The van der Waals surface area contributed by atoms with Gasteiger partial charge in [-0.25, -0.2) is 0 Å². The Balaban J connectivity index is -0.0000000835. The van der Waals surface area contributed by atoms with Gasteiger partial charge in [-0.3, -0.25) is 0 Å². The van der Waals surface area contributed by atoms with Crippen LogP contribution in [0.15, 0.2) is 0 Å². The fourth-order valence-corrected chi connectivity index (χ4v) is 1.41. The Bertz CT molecular complexity index is 554. The van der Waals surface area contributed by atoms with Crippen molar-refractivity contribution >= 4 is 7.81 Å². The Morgan fingerprint density at radius 3 is 0.815 bits per heavy atom. The van der Waals surface area contributed by atoms with Gasteiger partial charge in [-0.2, -0.15) is 43.6 Å². The molecule has 0 fully saturated rings. The quantitative estimate of drug-likeness (QED) is 0.156. The molecule has 158 valence electrons. The van der Waals surface area contributed by atoms with E-state index >= 15 is 0 Å². The summed E-state index contributed by atoms with van der Waals surface area (Å²) >= 11 is 0. The molecule has 0 amide bonds. The standard InChI is InChI=1S/C10H15.3C2H3N.F6P.Ru/c1-6-7(2)9(4)10(5)8(6)3;3*1-2-3;1-7(2,3,4,5)6;/h1-5H3;3*1H3;;/q-1;;;;-1;+2. The molecule has 0 unspecified atom stereocenters. The number of halogens is 6. The molecule has 3 nitrogen and oxygen atoms in total. The van der Waals surface area contributed by atoms with Crippen LogP contribution in [0.3, 0.4) is 0 Å². The van der Waals surface area contributed by atoms with Crippen LogP contribution in [0, 0.1) is 68.6 Å². The molecule has 0 saturated heterocycles. The minimum Gasteiger partial charge on any atom is 2.00 e. The van der Waals surface area contributed by atoms with Crippen molar-refractivity contribution in [2.24, 2.45) is 0 Å². The Labute approximate surface area is 170 Å². The zero-order valence-corrected chi connectivity index (χ0v) is 19.0. The zero-order chi connectivity index (χ0) is 22.4. The van der Waals surface area contributed by atoms with E-state index < -0.39 is 7.81 Å². The molecule has 0 bridgehead atoms.